The molecule has 0 aromatic heterocycles. The van der Waals surface area contributed by atoms with E-state index in [0.717, 1.165) is 16.3 Å². The largest absolute Gasteiger partial charge is 0.497 e. The van der Waals surface area contributed by atoms with Gasteiger partial charge in [0.1, 0.15) is 18.3 Å². The van der Waals surface area contributed by atoms with Crippen molar-refractivity contribution in [2.24, 2.45) is 0 Å². The predicted octanol–water partition coefficient (Wildman–Crippen LogP) is 4.80. The van der Waals surface area contributed by atoms with Crippen molar-refractivity contribution in [2.45, 2.75) is 44.7 Å². The molecule has 0 spiro atoms. The van der Waals surface area contributed by atoms with E-state index in [0.29, 0.717) is 22.9 Å². The summed E-state index contributed by atoms with van der Waals surface area (Å²) in [7, 11) is -2.61. The van der Waals surface area contributed by atoms with Crippen LogP contribution in [0.1, 0.15) is 31.4 Å². The Morgan fingerprint density at radius 3 is 2.41 bits per heavy atom. The number of carbonyl (C=O) groups excluding carboxylic acids is 2. The lowest BCUT2D eigenvalue weighted by molar-refractivity contribution is -0.139. The molecule has 1 atom stereocenters. The zero-order valence-electron chi connectivity index (χ0n) is 22.6. The second kappa shape index (κ2) is 13.5. The molecule has 10 heteroatoms. The molecule has 0 unspecified atom stereocenters. The van der Waals surface area contributed by atoms with Crippen molar-refractivity contribution in [1.29, 1.82) is 0 Å². The van der Waals surface area contributed by atoms with Gasteiger partial charge in [-0.25, -0.2) is 8.42 Å². The van der Waals surface area contributed by atoms with E-state index in [-0.39, 0.29) is 23.0 Å². The van der Waals surface area contributed by atoms with E-state index >= 15 is 0 Å². The summed E-state index contributed by atoms with van der Waals surface area (Å²) in [6.45, 7) is 5.31. The standard InChI is InChI=1S/C29H34ClN3O5S/c1-5-16-31-29(35)22(3)32(19-23-10-9-11-25(17-23)38-4)28(34)20-33(27-18-24(30)15-14-21(27)2)39(36,37)26-12-7-6-8-13-26/h6-15,17-18,22H,5,16,19-20H2,1-4H3,(H,31,35)/t22-/m1/s1. The smallest absolute Gasteiger partial charge is 0.264 e. The molecule has 0 aliphatic rings. The van der Waals surface area contributed by atoms with Crippen LogP contribution < -0.4 is 14.4 Å². The van der Waals surface area contributed by atoms with Gasteiger partial charge in [0, 0.05) is 18.1 Å². The fourth-order valence-electron chi connectivity index (χ4n) is 4.03. The number of benzene rings is 3. The van der Waals surface area contributed by atoms with Crippen LogP contribution in [0.25, 0.3) is 0 Å². The SMILES string of the molecule is CCCNC(=O)[C@@H](C)N(Cc1cccc(OC)c1)C(=O)CN(c1cc(Cl)ccc1C)S(=O)(=O)c1ccccc1. The normalized spacial score (nSPS) is 11.9. The number of methoxy groups -OCH3 is 1. The van der Waals surface area contributed by atoms with Gasteiger partial charge in [0.05, 0.1) is 17.7 Å². The van der Waals surface area contributed by atoms with Gasteiger partial charge in [0.25, 0.3) is 10.0 Å². The maximum atomic E-state index is 14.0. The van der Waals surface area contributed by atoms with E-state index in [2.05, 4.69) is 5.32 Å². The van der Waals surface area contributed by atoms with Crippen LogP contribution in [0.4, 0.5) is 5.69 Å². The zero-order chi connectivity index (χ0) is 28.6. The number of hydrogen-bond acceptors (Lipinski definition) is 5. The minimum absolute atomic E-state index is 0.0326. The van der Waals surface area contributed by atoms with E-state index < -0.39 is 28.5 Å². The average molecular weight is 572 g/mol. The lowest BCUT2D eigenvalue weighted by Gasteiger charge is -2.32. The Hall–Kier alpha value is -3.56. The fourth-order valence-corrected chi connectivity index (χ4v) is 5.69. The average Bonchev–Trinajstić information content (AvgIpc) is 2.94. The van der Waals surface area contributed by atoms with Crippen LogP contribution in [-0.4, -0.2) is 51.4 Å². The summed E-state index contributed by atoms with van der Waals surface area (Å²) in [6, 6.07) is 19.1. The van der Waals surface area contributed by atoms with Crippen molar-refractivity contribution in [3.8, 4) is 5.75 Å². The van der Waals surface area contributed by atoms with Gasteiger partial charge in [-0.1, -0.05) is 54.9 Å². The topological polar surface area (TPSA) is 96.0 Å². The number of aryl methyl sites for hydroxylation is 1. The van der Waals surface area contributed by atoms with E-state index in [4.69, 9.17) is 16.3 Å². The lowest BCUT2D eigenvalue weighted by Crippen LogP contribution is -2.51. The summed E-state index contributed by atoms with van der Waals surface area (Å²) in [5, 5.41) is 3.16. The highest BCUT2D eigenvalue weighted by molar-refractivity contribution is 7.92. The Balaban J connectivity index is 2.05. The fraction of sp³-hybridized carbons (Fsp3) is 0.310. The molecule has 0 fully saturated rings. The highest BCUT2D eigenvalue weighted by atomic mass is 35.5. The zero-order valence-corrected chi connectivity index (χ0v) is 24.1. The van der Waals surface area contributed by atoms with Crippen LogP contribution in [0.5, 0.6) is 5.75 Å². The van der Waals surface area contributed by atoms with Crippen LogP contribution in [0.3, 0.4) is 0 Å². The predicted molar refractivity (Wildman–Crippen MR) is 153 cm³/mol. The number of carbonyl (C=O) groups is 2. The van der Waals surface area contributed by atoms with Crippen molar-refractivity contribution in [3.05, 3.63) is 88.9 Å². The third-order valence-electron chi connectivity index (χ3n) is 6.25. The number of sulfonamides is 1. The number of rotatable bonds is 12. The van der Waals surface area contributed by atoms with Crippen LogP contribution >= 0.6 is 11.6 Å². The molecule has 0 bridgehead atoms. The number of nitrogens with one attached hydrogen (secondary N) is 1. The van der Waals surface area contributed by atoms with E-state index in [1.165, 1.54) is 23.1 Å². The number of amides is 2. The van der Waals surface area contributed by atoms with Gasteiger partial charge >= 0.3 is 0 Å². The van der Waals surface area contributed by atoms with Gasteiger partial charge in [-0.2, -0.15) is 0 Å². The molecule has 8 nitrogen and oxygen atoms in total. The first-order chi connectivity index (χ1) is 18.6. The molecule has 0 saturated carbocycles. The first-order valence-electron chi connectivity index (χ1n) is 12.6. The monoisotopic (exact) mass is 571 g/mol. The summed E-state index contributed by atoms with van der Waals surface area (Å²) in [4.78, 5) is 28.3. The van der Waals surface area contributed by atoms with Crippen molar-refractivity contribution in [1.82, 2.24) is 10.2 Å². The van der Waals surface area contributed by atoms with Gasteiger partial charge < -0.3 is 15.0 Å². The first kappa shape index (κ1) is 30.0. The van der Waals surface area contributed by atoms with Gasteiger partial charge in [-0.15, -0.1) is 0 Å². The molecular weight excluding hydrogens is 538 g/mol. The molecule has 0 radical (unpaired) electrons. The summed E-state index contributed by atoms with van der Waals surface area (Å²) in [5.41, 5.74) is 1.64. The lowest BCUT2D eigenvalue weighted by atomic mass is 10.1. The molecule has 3 rings (SSSR count). The third-order valence-corrected chi connectivity index (χ3v) is 8.26. The highest BCUT2D eigenvalue weighted by Crippen LogP contribution is 2.30. The van der Waals surface area contributed by atoms with Crippen molar-refractivity contribution < 1.29 is 22.7 Å². The van der Waals surface area contributed by atoms with Crippen molar-refractivity contribution in [3.63, 3.8) is 0 Å². The molecular formula is C29H34ClN3O5S. The van der Waals surface area contributed by atoms with E-state index in [1.54, 1.807) is 69.5 Å². The Bertz CT molecular complexity index is 1400. The molecule has 0 aliphatic heterocycles. The van der Waals surface area contributed by atoms with Crippen LogP contribution in [-0.2, 0) is 26.2 Å². The van der Waals surface area contributed by atoms with Crippen molar-refractivity contribution in [2.75, 3.05) is 24.5 Å². The van der Waals surface area contributed by atoms with E-state index in [1.807, 2.05) is 13.0 Å². The number of ether oxygens (including phenoxy) is 1. The number of hydrogen-bond donors (Lipinski definition) is 1. The minimum atomic E-state index is -4.16. The molecule has 0 aliphatic carbocycles. The molecule has 39 heavy (non-hydrogen) atoms. The molecule has 0 saturated heterocycles. The van der Waals surface area contributed by atoms with Gasteiger partial charge in [-0.05, 0) is 67.8 Å². The first-order valence-corrected chi connectivity index (χ1v) is 14.4. The van der Waals surface area contributed by atoms with Crippen LogP contribution in [0.2, 0.25) is 5.02 Å². The Morgan fingerprint density at radius 2 is 1.74 bits per heavy atom. The molecule has 1 N–H and O–H groups in total. The molecule has 208 valence electrons. The maximum Gasteiger partial charge on any atom is 0.264 e. The summed E-state index contributed by atoms with van der Waals surface area (Å²) in [5.74, 6) is -0.272. The Labute approximate surface area is 235 Å². The Kier molecular flexibility index (Phi) is 10.4. The maximum absolute atomic E-state index is 14.0. The van der Waals surface area contributed by atoms with Crippen LogP contribution in [0, 0.1) is 6.92 Å². The number of nitrogens with zero attached hydrogens (tertiary/aromatic N) is 2. The second-order valence-electron chi connectivity index (χ2n) is 9.10. The molecule has 3 aromatic carbocycles. The second-order valence-corrected chi connectivity index (χ2v) is 11.4. The van der Waals surface area contributed by atoms with Gasteiger partial charge in [0.15, 0.2) is 0 Å². The summed E-state index contributed by atoms with van der Waals surface area (Å²) >= 11 is 6.25. The summed E-state index contributed by atoms with van der Waals surface area (Å²) in [6.07, 6.45) is 0.736. The molecule has 3 aromatic rings. The van der Waals surface area contributed by atoms with E-state index in [9.17, 15) is 18.0 Å². The minimum Gasteiger partial charge on any atom is -0.497 e. The number of halogens is 1. The van der Waals surface area contributed by atoms with Crippen LogP contribution in [0.15, 0.2) is 77.7 Å². The Morgan fingerprint density at radius 1 is 1.03 bits per heavy atom. The number of anilines is 1. The quantitative estimate of drug-likeness (QED) is 0.337. The molecule has 2 amide bonds. The summed E-state index contributed by atoms with van der Waals surface area (Å²) < 4.78 is 34.1. The van der Waals surface area contributed by atoms with Crippen molar-refractivity contribution >= 4 is 39.1 Å². The molecule has 0 heterocycles. The third kappa shape index (κ3) is 7.52. The highest BCUT2D eigenvalue weighted by Gasteiger charge is 2.33. The van der Waals surface area contributed by atoms with Gasteiger partial charge in [-0.3, -0.25) is 13.9 Å². The van der Waals surface area contributed by atoms with Gasteiger partial charge in [0.2, 0.25) is 11.8 Å².